The van der Waals surface area contributed by atoms with E-state index in [-0.39, 0.29) is 12.1 Å². The van der Waals surface area contributed by atoms with Crippen LogP contribution in [0.4, 0.5) is 0 Å². The van der Waals surface area contributed by atoms with Gasteiger partial charge in [0.2, 0.25) is 0 Å². The molecule has 0 bridgehead atoms. The van der Waals surface area contributed by atoms with Gasteiger partial charge in [-0.05, 0) is 20.3 Å². The highest BCUT2D eigenvalue weighted by Crippen LogP contribution is 2.22. The second kappa shape index (κ2) is 14.4. The van der Waals surface area contributed by atoms with Gasteiger partial charge in [0.15, 0.2) is 5.79 Å². The zero-order valence-electron chi connectivity index (χ0n) is 17.5. The number of carbonyl (C=O) groups is 1. The first-order chi connectivity index (χ1) is 12.5. The first-order valence-electron chi connectivity index (χ1n) is 11.0. The van der Waals surface area contributed by atoms with Gasteiger partial charge in [-0.1, -0.05) is 84.0 Å². The maximum Gasteiger partial charge on any atom is 0.305 e. The lowest BCUT2D eigenvalue weighted by Crippen LogP contribution is -2.25. The van der Waals surface area contributed by atoms with Crippen LogP contribution in [-0.2, 0) is 19.0 Å². The van der Waals surface area contributed by atoms with Gasteiger partial charge in [0.1, 0.15) is 12.7 Å². The highest BCUT2D eigenvalue weighted by molar-refractivity contribution is 5.69. The first kappa shape index (κ1) is 23.4. The largest absolute Gasteiger partial charge is 0.463 e. The van der Waals surface area contributed by atoms with E-state index < -0.39 is 5.79 Å². The number of unbranched alkanes of at least 4 members (excludes halogenated alkanes) is 12. The van der Waals surface area contributed by atoms with E-state index >= 15 is 0 Å². The quantitative estimate of drug-likeness (QED) is 0.241. The number of rotatable bonds is 16. The predicted octanol–water partition coefficient (Wildman–Crippen LogP) is 6.16. The third-order valence-electron chi connectivity index (χ3n) is 4.98. The Balaban J connectivity index is 1.79. The molecule has 1 atom stereocenters. The van der Waals surface area contributed by atoms with Crippen LogP contribution in [0.3, 0.4) is 0 Å². The van der Waals surface area contributed by atoms with Crippen molar-refractivity contribution in [2.45, 2.75) is 123 Å². The summed E-state index contributed by atoms with van der Waals surface area (Å²) in [5.41, 5.74) is 0. The van der Waals surface area contributed by atoms with Crippen molar-refractivity contribution >= 4 is 5.97 Å². The molecule has 154 valence electrons. The molecule has 1 saturated heterocycles. The summed E-state index contributed by atoms with van der Waals surface area (Å²) in [5.74, 6) is -0.659. The fourth-order valence-electron chi connectivity index (χ4n) is 3.39. The van der Waals surface area contributed by atoms with E-state index in [0.717, 1.165) is 12.8 Å². The van der Waals surface area contributed by atoms with Gasteiger partial charge in [-0.15, -0.1) is 0 Å². The van der Waals surface area contributed by atoms with Gasteiger partial charge < -0.3 is 14.2 Å². The Morgan fingerprint density at radius 2 is 1.38 bits per heavy atom. The second-order valence-electron chi connectivity index (χ2n) is 8.13. The molecule has 0 N–H and O–H groups in total. The highest BCUT2D eigenvalue weighted by atomic mass is 16.7. The Labute approximate surface area is 161 Å². The van der Waals surface area contributed by atoms with E-state index in [1.54, 1.807) is 0 Å². The summed E-state index contributed by atoms with van der Waals surface area (Å²) in [5, 5.41) is 0. The molecule has 1 aliphatic rings. The zero-order valence-corrected chi connectivity index (χ0v) is 17.5. The van der Waals surface area contributed by atoms with Crippen LogP contribution in [0.5, 0.6) is 0 Å². The Kier molecular flexibility index (Phi) is 13.0. The molecule has 0 aromatic heterocycles. The number of hydrogen-bond acceptors (Lipinski definition) is 4. The van der Waals surface area contributed by atoms with E-state index in [0.29, 0.717) is 19.6 Å². The van der Waals surface area contributed by atoms with Gasteiger partial charge in [0.25, 0.3) is 0 Å². The lowest BCUT2D eigenvalue weighted by Gasteiger charge is -2.16. The van der Waals surface area contributed by atoms with Crippen molar-refractivity contribution in [2.75, 3.05) is 13.2 Å². The van der Waals surface area contributed by atoms with Crippen LogP contribution in [0, 0.1) is 0 Å². The molecule has 0 unspecified atom stereocenters. The molecular formula is C22H42O4. The summed E-state index contributed by atoms with van der Waals surface area (Å²) in [6, 6.07) is 0. The van der Waals surface area contributed by atoms with Gasteiger partial charge in [0.05, 0.1) is 6.61 Å². The maximum absolute atomic E-state index is 11.7. The Morgan fingerprint density at radius 3 is 1.85 bits per heavy atom. The Morgan fingerprint density at radius 1 is 0.885 bits per heavy atom. The topological polar surface area (TPSA) is 44.8 Å². The summed E-state index contributed by atoms with van der Waals surface area (Å²) in [6.45, 7) is 6.83. The van der Waals surface area contributed by atoms with E-state index in [4.69, 9.17) is 14.2 Å². The lowest BCUT2D eigenvalue weighted by atomic mass is 10.0. The average Bonchev–Trinajstić information content (AvgIpc) is 2.96. The molecule has 1 fully saturated rings. The maximum atomic E-state index is 11.7. The number of ether oxygens (including phenoxy) is 3. The van der Waals surface area contributed by atoms with Crippen molar-refractivity contribution in [3.8, 4) is 0 Å². The van der Waals surface area contributed by atoms with Crippen LogP contribution in [0.25, 0.3) is 0 Å². The molecule has 4 nitrogen and oxygen atoms in total. The van der Waals surface area contributed by atoms with Gasteiger partial charge >= 0.3 is 5.97 Å². The summed E-state index contributed by atoms with van der Waals surface area (Å²) in [6.07, 6.45) is 17.5. The summed E-state index contributed by atoms with van der Waals surface area (Å²) in [4.78, 5) is 11.7. The molecule has 0 spiro atoms. The van der Waals surface area contributed by atoms with Crippen LogP contribution in [-0.4, -0.2) is 31.1 Å². The van der Waals surface area contributed by atoms with Crippen molar-refractivity contribution in [1.29, 1.82) is 0 Å². The molecule has 1 aliphatic heterocycles. The second-order valence-corrected chi connectivity index (χ2v) is 8.13. The lowest BCUT2D eigenvalue weighted by molar-refractivity contribution is -0.158. The first-order valence-corrected chi connectivity index (χ1v) is 11.0. The average molecular weight is 371 g/mol. The van der Waals surface area contributed by atoms with Gasteiger partial charge in [-0.25, -0.2) is 0 Å². The molecule has 0 aromatic rings. The van der Waals surface area contributed by atoms with Crippen molar-refractivity contribution in [1.82, 2.24) is 0 Å². The minimum absolute atomic E-state index is 0.110. The van der Waals surface area contributed by atoms with Crippen LogP contribution in [0.2, 0.25) is 0 Å². The Bertz CT molecular complexity index is 354. The fourth-order valence-corrected chi connectivity index (χ4v) is 3.39. The van der Waals surface area contributed by atoms with Crippen LogP contribution in [0.15, 0.2) is 0 Å². The SMILES string of the molecule is CCCCCCCCCCCCCCCC(=O)OC[C@@H]1COC(C)(C)O1. The number of hydrogen-bond donors (Lipinski definition) is 0. The summed E-state index contributed by atoms with van der Waals surface area (Å²) < 4.78 is 16.4. The van der Waals surface area contributed by atoms with E-state index in [1.165, 1.54) is 70.6 Å². The highest BCUT2D eigenvalue weighted by Gasteiger charge is 2.33. The van der Waals surface area contributed by atoms with Crippen molar-refractivity contribution in [3.63, 3.8) is 0 Å². The zero-order chi connectivity index (χ0) is 19.1. The standard InChI is InChI=1S/C22H42O4/c1-4-5-6-7-8-9-10-11-12-13-14-15-16-17-21(23)24-18-20-19-25-22(2,3)26-20/h20H,4-19H2,1-3H3/t20-/m1/s1. The molecule has 1 heterocycles. The summed E-state index contributed by atoms with van der Waals surface area (Å²) >= 11 is 0. The number of carbonyl (C=O) groups excluding carboxylic acids is 1. The fraction of sp³-hybridized carbons (Fsp3) is 0.955. The van der Waals surface area contributed by atoms with Gasteiger partial charge in [-0.2, -0.15) is 0 Å². The molecule has 0 saturated carbocycles. The van der Waals surface area contributed by atoms with E-state index in [2.05, 4.69) is 6.92 Å². The smallest absolute Gasteiger partial charge is 0.305 e. The van der Waals surface area contributed by atoms with Crippen molar-refractivity contribution in [2.24, 2.45) is 0 Å². The van der Waals surface area contributed by atoms with Crippen LogP contribution < -0.4 is 0 Å². The van der Waals surface area contributed by atoms with Crippen molar-refractivity contribution < 1.29 is 19.0 Å². The molecule has 1 rings (SSSR count). The monoisotopic (exact) mass is 370 g/mol. The van der Waals surface area contributed by atoms with E-state index in [9.17, 15) is 4.79 Å². The number of esters is 1. The normalized spacial score (nSPS) is 19.0. The van der Waals surface area contributed by atoms with Crippen molar-refractivity contribution in [3.05, 3.63) is 0 Å². The minimum atomic E-state index is -0.549. The third kappa shape index (κ3) is 12.7. The van der Waals surface area contributed by atoms with Crippen LogP contribution >= 0.6 is 0 Å². The van der Waals surface area contributed by atoms with Gasteiger partial charge in [-0.3, -0.25) is 4.79 Å². The molecule has 0 amide bonds. The molecule has 0 radical (unpaired) electrons. The van der Waals surface area contributed by atoms with Crippen LogP contribution in [0.1, 0.15) is 111 Å². The summed E-state index contributed by atoms with van der Waals surface area (Å²) in [7, 11) is 0. The Hall–Kier alpha value is -0.610. The minimum Gasteiger partial charge on any atom is -0.463 e. The molecule has 26 heavy (non-hydrogen) atoms. The molecular weight excluding hydrogens is 328 g/mol. The van der Waals surface area contributed by atoms with E-state index in [1.807, 2.05) is 13.8 Å². The molecule has 0 aliphatic carbocycles. The molecule has 0 aromatic carbocycles. The third-order valence-corrected chi connectivity index (χ3v) is 4.98. The predicted molar refractivity (Wildman–Crippen MR) is 106 cm³/mol. The molecule has 4 heteroatoms. The van der Waals surface area contributed by atoms with Gasteiger partial charge in [0, 0.05) is 6.42 Å².